The number of anilines is 1. The van der Waals surface area contributed by atoms with Crippen LogP contribution in [0.5, 0.6) is 0 Å². The maximum Gasteiger partial charge on any atom is 0.253 e. The normalized spacial score (nSPS) is 22.8. The summed E-state index contributed by atoms with van der Waals surface area (Å²) in [5, 5.41) is 2.99. The topological polar surface area (TPSA) is 84.2 Å². The standard InChI is InChI=1S/C13H19N3O2S/c1-9-2-3-12(16-14)11(8-9)13(17)15-10-4-6-19(18)7-5-10/h2-3,8,10,16H,4-7,14H2,1H3,(H,15,17). The van der Waals surface area contributed by atoms with Gasteiger partial charge < -0.3 is 10.7 Å². The molecule has 0 unspecified atom stereocenters. The molecule has 4 N–H and O–H groups in total. The van der Waals surface area contributed by atoms with Gasteiger partial charge >= 0.3 is 0 Å². The molecule has 104 valence electrons. The number of hydrogen-bond acceptors (Lipinski definition) is 4. The summed E-state index contributed by atoms with van der Waals surface area (Å²) < 4.78 is 11.3. The van der Waals surface area contributed by atoms with Gasteiger partial charge in [0.15, 0.2) is 0 Å². The Balaban J connectivity index is 2.07. The predicted octanol–water partition coefficient (Wildman–Crippen LogP) is 0.922. The van der Waals surface area contributed by atoms with Crippen LogP contribution in [0.1, 0.15) is 28.8 Å². The first-order valence-electron chi connectivity index (χ1n) is 6.33. The van der Waals surface area contributed by atoms with Gasteiger partial charge in [0.1, 0.15) is 0 Å². The second-order valence-corrected chi connectivity index (χ2v) is 6.49. The third-order valence-electron chi connectivity index (χ3n) is 3.30. The van der Waals surface area contributed by atoms with Crippen LogP contribution in [0.4, 0.5) is 5.69 Å². The first-order valence-corrected chi connectivity index (χ1v) is 7.82. The Labute approximate surface area is 115 Å². The molecule has 1 aliphatic rings. The Morgan fingerprint density at radius 2 is 2.05 bits per heavy atom. The van der Waals surface area contributed by atoms with Gasteiger partial charge in [-0.1, -0.05) is 11.6 Å². The fraction of sp³-hybridized carbons (Fsp3) is 0.462. The molecule has 1 amide bonds. The zero-order chi connectivity index (χ0) is 13.8. The van der Waals surface area contributed by atoms with Gasteiger partial charge in [0.2, 0.25) is 0 Å². The number of nitrogens with one attached hydrogen (secondary N) is 2. The van der Waals surface area contributed by atoms with E-state index in [9.17, 15) is 9.00 Å². The van der Waals surface area contributed by atoms with Gasteiger partial charge in [0, 0.05) is 28.3 Å². The highest BCUT2D eigenvalue weighted by Crippen LogP contribution is 2.17. The van der Waals surface area contributed by atoms with E-state index in [1.807, 2.05) is 19.1 Å². The lowest BCUT2D eigenvalue weighted by molar-refractivity contribution is 0.0935. The van der Waals surface area contributed by atoms with Gasteiger partial charge in [-0.15, -0.1) is 0 Å². The van der Waals surface area contributed by atoms with Gasteiger partial charge in [0.05, 0.1) is 11.3 Å². The van der Waals surface area contributed by atoms with E-state index in [1.165, 1.54) is 0 Å². The number of amides is 1. The van der Waals surface area contributed by atoms with Crippen molar-refractivity contribution < 1.29 is 9.00 Å². The highest BCUT2D eigenvalue weighted by Gasteiger charge is 2.21. The van der Waals surface area contributed by atoms with Crippen LogP contribution < -0.4 is 16.6 Å². The van der Waals surface area contributed by atoms with Crippen molar-refractivity contribution in [1.29, 1.82) is 0 Å². The second-order valence-electron chi connectivity index (χ2n) is 4.79. The van der Waals surface area contributed by atoms with Crippen molar-refractivity contribution in [1.82, 2.24) is 5.32 Å². The summed E-state index contributed by atoms with van der Waals surface area (Å²) in [6.07, 6.45) is 1.55. The molecule has 0 bridgehead atoms. The SMILES string of the molecule is Cc1ccc(NN)c(C(=O)NC2CCS(=O)CC2)c1. The molecule has 1 aromatic rings. The smallest absolute Gasteiger partial charge is 0.253 e. The molecule has 5 nitrogen and oxygen atoms in total. The van der Waals surface area contributed by atoms with Gasteiger partial charge in [0.25, 0.3) is 5.91 Å². The number of nitrogens with two attached hydrogens (primary N) is 1. The molecule has 1 fully saturated rings. The summed E-state index contributed by atoms with van der Waals surface area (Å²) in [6, 6.07) is 5.61. The van der Waals surface area contributed by atoms with Gasteiger partial charge in [-0.3, -0.25) is 14.8 Å². The van der Waals surface area contributed by atoms with E-state index in [4.69, 9.17) is 5.84 Å². The van der Waals surface area contributed by atoms with Crippen LogP contribution >= 0.6 is 0 Å². The number of nitrogen functional groups attached to an aromatic ring is 1. The van der Waals surface area contributed by atoms with Crippen molar-refractivity contribution in [3.63, 3.8) is 0 Å². The van der Waals surface area contributed by atoms with Crippen molar-refractivity contribution in [2.75, 3.05) is 16.9 Å². The van der Waals surface area contributed by atoms with Gasteiger partial charge in [-0.05, 0) is 31.9 Å². The van der Waals surface area contributed by atoms with Crippen LogP contribution in [0.3, 0.4) is 0 Å². The molecule has 1 aromatic carbocycles. The van der Waals surface area contributed by atoms with E-state index >= 15 is 0 Å². The summed E-state index contributed by atoms with van der Waals surface area (Å²) in [7, 11) is -0.714. The van der Waals surface area contributed by atoms with E-state index in [0.717, 1.165) is 18.4 Å². The number of hydrazine groups is 1. The fourth-order valence-corrected chi connectivity index (χ4v) is 3.47. The van der Waals surface area contributed by atoms with Crippen LogP contribution in [0, 0.1) is 6.92 Å². The van der Waals surface area contributed by atoms with Crippen LogP contribution in [0.15, 0.2) is 18.2 Å². The Kier molecular flexibility index (Phi) is 4.55. The summed E-state index contributed by atoms with van der Waals surface area (Å²) >= 11 is 0. The van der Waals surface area contributed by atoms with Crippen molar-refractivity contribution in [3.05, 3.63) is 29.3 Å². The highest BCUT2D eigenvalue weighted by molar-refractivity contribution is 7.85. The average molecular weight is 281 g/mol. The summed E-state index contributed by atoms with van der Waals surface area (Å²) in [5.41, 5.74) is 4.71. The first-order chi connectivity index (χ1) is 9.10. The Hall–Kier alpha value is -1.40. The molecule has 0 atom stereocenters. The molecule has 0 radical (unpaired) electrons. The van der Waals surface area contributed by atoms with Crippen LogP contribution in [0.25, 0.3) is 0 Å². The molecule has 0 aliphatic carbocycles. The van der Waals surface area contributed by atoms with E-state index in [1.54, 1.807) is 6.07 Å². The highest BCUT2D eigenvalue weighted by atomic mass is 32.2. The first kappa shape index (κ1) is 14.0. The number of carbonyl (C=O) groups excluding carboxylic acids is 1. The summed E-state index contributed by atoms with van der Waals surface area (Å²) in [5.74, 6) is 6.62. The monoisotopic (exact) mass is 281 g/mol. The zero-order valence-electron chi connectivity index (χ0n) is 10.9. The molecule has 19 heavy (non-hydrogen) atoms. The third kappa shape index (κ3) is 3.54. The van der Waals surface area contributed by atoms with Crippen LogP contribution in [-0.2, 0) is 10.8 Å². The van der Waals surface area contributed by atoms with E-state index < -0.39 is 10.8 Å². The molecule has 1 heterocycles. The molecule has 0 spiro atoms. The minimum Gasteiger partial charge on any atom is -0.349 e. The second kappa shape index (κ2) is 6.16. The molecule has 0 aromatic heterocycles. The van der Waals surface area contributed by atoms with Crippen LogP contribution in [-0.4, -0.2) is 27.7 Å². The van der Waals surface area contributed by atoms with Crippen molar-refractivity contribution in [3.8, 4) is 0 Å². The lowest BCUT2D eigenvalue weighted by atomic mass is 10.1. The van der Waals surface area contributed by atoms with E-state index in [2.05, 4.69) is 10.7 Å². The lowest BCUT2D eigenvalue weighted by Crippen LogP contribution is -2.39. The Morgan fingerprint density at radius 1 is 1.37 bits per heavy atom. The zero-order valence-corrected chi connectivity index (χ0v) is 11.8. The van der Waals surface area contributed by atoms with Crippen molar-refractivity contribution in [2.45, 2.75) is 25.8 Å². The minimum absolute atomic E-state index is 0.108. The Bertz CT molecular complexity index is 495. The number of rotatable bonds is 3. The lowest BCUT2D eigenvalue weighted by Gasteiger charge is -2.23. The third-order valence-corrected chi connectivity index (χ3v) is 4.68. The summed E-state index contributed by atoms with van der Waals surface area (Å²) in [6.45, 7) is 1.93. The maximum atomic E-state index is 12.2. The molecule has 1 saturated heterocycles. The average Bonchev–Trinajstić information content (AvgIpc) is 2.41. The number of aryl methyl sites for hydroxylation is 1. The van der Waals surface area contributed by atoms with E-state index in [0.29, 0.717) is 22.8 Å². The molecule has 1 aliphatic heterocycles. The summed E-state index contributed by atoms with van der Waals surface area (Å²) in [4.78, 5) is 12.2. The van der Waals surface area contributed by atoms with Crippen molar-refractivity contribution >= 4 is 22.4 Å². The number of hydrogen-bond donors (Lipinski definition) is 3. The fourth-order valence-electron chi connectivity index (χ4n) is 2.17. The molecule has 0 saturated carbocycles. The molecule has 6 heteroatoms. The molecular formula is C13H19N3O2S. The molecular weight excluding hydrogens is 262 g/mol. The maximum absolute atomic E-state index is 12.2. The Morgan fingerprint density at radius 3 is 2.68 bits per heavy atom. The quantitative estimate of drug-likeness (QED) is 0.568. The number of benzene rings is 1. The number of carbonyl (C=O) groups is 1. The largest absolute Gasteiger partial charge is 0.349 e. The van der Waals surface area contributed by atoms with E-state index in [-0.39, 0.29) is 11.9 Å². The van der Waals surface area contributed by atoms with Gasteiger partial charge in [-0.25, -0.2) is 0 Å². The minimum atomic E-state index is -0.714. The van der Waals surface area contributed by atoms with Crippen LogP contribution in [0.2, 0.25) is 0 Å². The molecule has 2 rings (SSSR count). The van der Waals surface area contributed by atoms with Gasteiger partial charge in [-0.2, -0.15) is 0 Å². The predicted molar refractivity (Wildman–Crippen MR) is 77.4 cm³/mol. The van der Waals surface area contributed by atoms with Crippen molar-refractivity contribution in [2.24, 2.45) is 5.84 Å².